The van der Waals surface area contributed by atoms with Crippen LogP contribution in [-0.2, 0) is 10.2 Å². The van der Waals surface area contributed by atoms with E-state index in [1.54, 1.807) is 6.07 Å². The number of thioether (sulfide) groups is 1. The van der Waals surface area contributed by atoms with Crippen LogP contribution in [0.4, 0.5) is 13.2 Å². The molecule has 25 heavy (non-hydrogen) atoms. The maximum absolute atomic E-state index is 13.1. The van der Waals surface area contributed by atoms with Crippen molar-refractivity contribution in [3.63, 3.8) is 0 Å². The minimum atomic E-state index is -4.42. The van der Waals surface area contributed by atoms with E-state index in [1.807, 2.05) is 6.92 Å². The number of nitrogens with zero attached hydrogens (tertiary/aromatic N) is 3. The minimum Gasteiger partial charge on any atom is -0.464 e. The van der Waals surface area contributed by atoms with E-state index in [9.17, 15) is 18.0 Å². The highest BCUT2D eigenvalue weighted by Gasteiger charge is 2.68. The van der Waals surface area contributed by atoms with Crippen molar-refractivity contribution >= 4 is 17.7 Å². The average Bonchev–Trinajstić information content (AvgIpc) is 3.26. The molecule has 1 aliphatic carbocycles. The van der Waals surface area contributed by atoms with Gasteiger partial charge in [-0.3, -0.25) is 0 Å². The van der Waals surface area contributed by atoms with Crippen LogP contribution in [-0.4, -0.2) is 40.1 Å². The fourth-order valence-electron chi connectivity index (χ4n) is 2.36. The Morgan fingerprint density at radius 3 is 2.72 bits per heavy atom. The summed E-state index contributed by atoms with van der Waals surface area (Å²) in [6.07, 6.45) is -3.23. The van der Waals surface area contributed by atoms with Gasteiger partial charge in [-0.25, -0.2) is 9.78 Å². The van der Waals surface area contributed by atoms with Crippen molar-refractivity contribution in [2.24, 2.45) is 0 Å². The Kier molecular flexibility index (Phi) is 4.48. The largest absolute Gasteiger partial charge is 0.464 e. The van der Waals surface area contributed by atoms with E-state index in [0.717, 1.165) is 0 Å². The molecule has 134 valence electrons. The second-order valence-corrected chi connectivity index (χ2v) is 6.80. The molecule has 0 aromatic carbocycles. The smallest absolute Gasteiger partial charge is 0.403 e. The minimum absolute atomic E-state index is 0.00685. The third-order valence-corrected chi connectivity index (χ3v) is 4.83. The lowest BCUT2D eigenvalue weighted by atomic mass is 10.1. The lowest BCUT2D eigenvalue weighted by Gasteiger charge is -2.13. The summed E-state index contributed by atoms with van der Waals surface area (Å²) in [6.45, 7) is 1.89. The van der Waals surface area contributed by atoms with Gasteiger partial charge in [0, 0.05) is 16.7 Å². The van der Waals surface area contributed by atoms with Gasteiger partial charge in [-0.1, -0.05) is 12.1 Å². The van der Waals surface area contributed by atoms with Crippen LogP contribution >= 0.6 is 11.8 Å². The van der Waals surface area contributed by atoms with E-state index < -0.39 is 23.5 Å². The summed E-state index contributed by atoms with van der Waals surface area (Å²) in [5.74, 6) is -0.349. The van der Waals surface area contributed by atoms with Crippen LogP contribution < -0.4 is 0 Å². The molecule has 0 atom stereocenters. The van der Waals surface area contributed by atoms with Crippen molar-refractivity contribution < 1.29 is 27.2 Å². The van der Waals surface area contributed by atoms with Gasteiger partial charge >= 0.3 is 12.1 Å². The molecule has 2 aromatic heterocycles. The first-order chi connectivity index (χ1) is 11.8. The molecule has 0 bridgehead atoms. The summed E-state index contributed by atoms with van der Waals surface area (Å²) in [5, 5.41) is 3.65. The third kappa shape index (κ3) is 3.10. The monoisotopic (exact) mass is 373 g/mol. The first-order valence-corrected chi connectivity index (χ1v) is 8.43. The molecular formula is C15H14F3N3O3S. The molecular weight excluding hydrogens is 359 g/mol. The maximum Gasteiger partial charge on any atom is 0.403 e. The number of esters is 1. The summed E-state index contributed by atoms with van der Waals surface area (Å²) in [4.78, 5) is 20.2. The standard InChI is InChI=1S/C15H14F3N3O3S/c1-3-25-9-6-8(7-19-10(9)12(22)23-2)11-20-13(24-21-11)14(4-5-14)15(16,17)18/h6-7H,3-5H2,1-2H3. The van der Waals surface area contributed by atoms with Crippen molar-refractivity contribution in [2.75, 3.05) is 12.9 Å². The van der Waals surface area contributed by atoms with Crippen molar-refractivity contribution in [2.45, 2.75) is 36.3 Å². The predicted molar refractivity (Wildman–Crippen MR) is 82.2 cm³/mol. The van der Waals surface area contributed by atoms with Crippen molar-refractivity contribution in [3.05, 3.63) is 23.8 Å². The Labute approximate surface area is 145 Å². The van der Waals surface area contributed by atoms with Crippen molar-refractivity contribution in [1.29, 1.82) is 0 Å². The van der Waals surface area contributed by atoms with Gasteiger partial charge in [0.2, 0.25) is 11.7 Å². The second-order valence-electron chi connectivity index (χ2n) is 5.50. The zero-order chi connectivity index (χ0) is 18.2. The molecule has 6 nitrogen and oxygen atoms in total. The zero-order valence-corrected chi connectivity index (χ0v) is 14.2. The number of carbonyl (C=O) groups excluding carboxylic acids is 1. The van der Waals surface area contributed by atoms with Gasteiger partial charge < -0.3 is 9.26 Å². The zero-order valence-electron chi connectivity index (χ0n) is 13.4. The molecule has 0 amide bonds. The number of carbonyl (C=O) groups is 1. The Morgan fingerprint density at radius 2 is 2.16 bits per heavy atom. The lowest BCUT2D eigenvalue weighted by molar-refractivity contribution is -0.166. The van der Waals surface area contributed by atoms with E-state index in [0.29, 0.717) is 16.2 Å². The summed E-state index contributed by atoms with van der Waals surface area (Å²) < 4.78 is 49.0. The number of methoxy groups -OCH3 is 1. The highest BCUT2D eigenvalue weighted by molar-refractivity contribution is 7.99. The molecule has 10 heteroatoms. The quantitative estimate of drug-likeness (QED) is 0.585. The summed E-state index contributed by atoms with van der Waals surface area (Å²) >= 11 is 1.35. The number of alkyl halides is 3. The van der Waals surface area contributed by atoms with Gasteiger partial charge in [0.1, 0.15) is 5.41 Å². The number of hydrogen-bond donors (Lipinski definition) is 0. The Bertz CT molecular complexity index is 803. The summed E-state index contributed by atoms with van der Waals surface area (Å²) in [7, 11) is 1.25. The number of hydrogen-bond acceptors (Lipinski definition) is 7. The van der Waals surface area contributed by atoms with Crippen LogP contribution in [0.25, 0.3) is 11.4 Å². The van der Waals surface area contributed by atoms with Crippen molar-refractivity contribution in [1.82, 2.24) is 15.1 Å². The van der Waals surface area contributed by atoms with E-state index in [1.165, 1.54) is 25.1 Å². The fourth-order valence-corrected chi connectivity index (χ4v) is 3.16. The molecule has 0 N–H and O–H groups in total. The van der Waals surface area contributed by atoms with Gasteiger partial charge in [0.05, 0.1) is 7.11 Å². The van der Waals surface area contributed by atoms with Gasteiger partial charge in [-0.2, -0.15) is 18.2 Å². The first-order valence-electron chi connectivity index (χ1n) is 7.45. The van der Waals surface area contributed by atoms with Crippen LogP contribution in [0.2, 0.25) is 0 Å². The van der Waals surface area contributed by atoms with Crippen LogP contribution in [0.1, 0.15) is 36.1 Å². The highest BCUT2D eigenvalue weighted by atomic mass is 32.2. The Balaban J connectivity index is 1.95. The highest BCUT2D eigenvalue weighted by Crippen LogP contribution is 2.58. The van der Waals surface area contributed by atoms with Gasteiger partial charge in [-0.15, -0.1) is 11.8 Å². The lowest BCUT2D eigenvalue weighted by Crippen LogP contribution is -2.28. The molecule has 3 rings (SSSR count). The third-order valence-electron chi connectivity index (χ3n) is 3.92. The molecule has 2 heterocycles. The number of rotatable bonds is 5. The van der Waals surface area contributed by atoms with Gasteiger partial charge in [0.25, 0.3) is 0 Å². The van der Waals surface area contributed by atoms with Crippen LogP contribution in [0.5, 0.6) is 0 Å². The molecule has 0 spiro atoms. The molecule has 0 saturated heterocycles. The number of aromatic nitrogens is 3. The number of ether oxygens (including phenoxy) is 1. The summed E-state index contributed by atoms with van der Waals surface area (Å²) in [5.41, 5.74) is -1.52. The maximum atomic E-state index is 13.1. The molecule has 0 radical (unpaired) electrons. The average molecular weight is 373 g/mol. The van der Waals surface area contributed by atoms with Gasteiger partial charge in [0.15, 0.2) is 5.69 Å². The Hall–Kier alpha value is -2.10. The molecule has 0 unspecified atom stereocenters. The molecule has 1 saturated carbocycles. The SMILES string of the molecule is CCSc1cc(-c2noc(C3(C(F)(F)F)CC3)n2)cnc1C(=O)OC. The summed E-state index contributed by atoms with van der Waals surface area (Å²) in [6, 6.07) is 1.59. The van der Waals surface area contributed by atoms with E-state index in [-0.39, 0.29) is 24.4 Å². The first kappa shape index (κ1) is 17.7. The van der Waals surface area contributed by atoms with Crippen LogP contribution in [0.15, 0.2) is 21.7 Å². The topological polar surface area (TPSA) is 78.1 Å². The predicted octanol–water partition coefficient (Wildman–Crippen LogP) is 3.62. The van der Waals surface area contributed by atoms with Crippen LogP contribution in [0, 0.1) is 0 Å². The van der Waals surface area contributed by atoms with E-state index >= 15 is 0 Å². The number of pyridine rings is 1. The van der Waals surface area contributed by atoms with Crippen LogP contribution in [0.3, 0.4) is 0 Å². The normalized spacial score (nSPS) is 15.9. The van der Waals surface area contributed by atoms with E-state index in [4.69, 9.17) is 4.52 Å². The Morgan fingerprint density at radius 1 is 1.44 bits per heavy atom. The molecule has 2 aromatic rings. The van der Waals surface area contributed by atoms with Gasteiger partial charge in [-0.05, 0) is 24.7 Å². The molecule has 0 aliphatic heterocycles. The van der Waals surface area contributed by atoms with E-state index in [2.05, 4.69) is 19.9 Å². The number of halogens is 3. The molecule has 1 fully saturated rings. The second kappa shape index (κ2) is 6.32. The van der Waals surface area contributed by atoms with Crippen molar-refractivity contribution in [3.8, 4) is 11.4 Å². The fraction of sp³-hybridized carbons (Fsp3) is 0.467. The molecule has 1 aliphatic rings.